The molecule has 21 heavy (non-hydrogen) atoms. The van der Waals surface area contributed by atoms with Gasteiger partial charge in [0.15, 0.2) is 0 Å². The number of ether oxygens (including phenoxy) is 2. The molecule has 3 nitrogen and oxygen atoms in total. The normalized spacial score (nSPS) is 10.7. The summed E-state index contributed by atoms with van der Waals surface area (Å²) in [6.07, 6.45) is 5.40. The Morgan fingerprint density at radius 1 is 0.905 bits per heavy atom. The molecule has 0 aliphatic carbocycles. The number of hydrogen-bond acceptors (Lipinski definition) is 3. The van der Waals surface area contributed by atoms with Crippen LogP contribution in [0.2, 0.25) is 0 Å². The van der Waals surface area contributed by atoms with Crippen molar-refractivity contribution in [1.29, 1.82) is 0 Å². The first-order valence-corrected chi connectivity index (χ1v) is 7.44. The lowest BCUT2D eigenvalue weighted by atomic mass is 10.1. The summed E-state index contributed by atoms with van der Waals surface area (Å²) in [5, 5.41) is 2.16. The van der Waals surface area contributed by atoms with Crippen molar-refractivity contribution in [2.24, 2.45) is 0 Å². The number of hydrogen-bond donors (Lipinski definition) is 0. The molecule has 0 N–H and O–H groups in total. The van der Waals surface area contributed by atoms with E-state index in [1.54, 1.807) is 7.11 Å². The van der Waals surface area contributed by atoms with Gasteiger partial charge in [-0.2, -0.15) is 0 Å². The molecule has 0 aliphatic rings. The number of unbranched alkanes of at least 4 members (excludes halogenated alkanes) is 3. The molecule has 0 spiro atoms. The van der Waals surface area contributed by atoms with Gasteiger partial charge in [0, 0.05) is 19.3 Å². The second kappa shape index (κ2) is 8.42. The zero-order chi connectivity index (χ0) is 14.9. The third kappa shape index (κ3) is 4.87. The summed E-state index contributed by atoms with van der Waals surface area (Å²) in [5.74, 6) is 0.887. The average molecular weight is 286 g/mol. The number of benzene rings is 2. The lowest BCUT2D eigenvalue weighted by Gasteiger charge is -2.07. The van der Waals surface area contributed by atoms with E-state index >= 15 is 0 Å². The summed E-state index contributed by atoms with van der Waals surface area (Å²) in [7, 11) is 1.74. The molecule has 2 aromatic carbocycles. The van der Waals surface area contributed by atoms with Crippen LogP contribution in [0.1, 0.15) is 36.0 Å². The molecular weight excluding hydrogens is 264 g/mol. The Morgan fingerprint density at radius 2 is 1.62 bits per heavy atom. The molecule has 2 aromatic rings. The third-order valence-electron chi connectivity index (χ3n) is 3.48. The molecular formula is C18H22O3. The molecule has 3 heteroatoms. The lowest BCUT2D eigenvalue weighted by Crippen LogP contribution is -1.98. The minimum atomic E-state index is 0.701. The molecule has 0 saturated carbocycles. The van der Waals surface area contributed by atoms with Gasteiger partial charge in [-0.25, -0.2) is 0 Å². The summed E-state index contributed by atoms with van der Waals surface area (Å²) in [6.45, 7) is 1.58. The average Bonchev–Trinajstić information content (AvgIpc) is 2.53. The molecule has 112 valence electrons. The van der Waals surface area contributed by atoms with Gasteiger partial charge in [-0.15, -0.1) is 0 Å². The number of rotatable bonds is 9. The van der Waals surface area contributed by atoms with E-state index in [0.717, 1.165) is 48.9 Å². The Balaban J connectivity index is 1.81. The van der Waals surface area contributed by atoms with Crippen LogP contribution < -0.4 is 4.74 Å². The third-order valence-corrected chi connectivity index (χ3v) is 3.48. The van der Waals surface area contributed by atoms with Gasteiger partial charge in [0.2, 0.25) is 0 Å². The second-order valence-corrected chi connectivity index (χ2v) is 5.14. The lowest BCUT2D eigenvalue weighted by molar-refractivity contribution is 0.112. The van der Waals surface area contributed by atoms with E-state index in [9.17, 15) is 4.79 Å². The highest BCUT2D eigenvalue weighted by Gasteiger charge is 1.99. The first-order valence-electron chi connectivity index (χ1n) is 7.44. The predicted octanol–water partition coefficient (Wildman–Crippen LogP) is 4.24. The monoisotopic (exact) mass is 286 g/mol. The maximum absolute atomic E-state index is 10.8. The van der Waals surface area contributed by atoms with E-state index in [1.165, 1.54) is 12.8 Å². The van der Waals surface area contributed by atoms with Crippen molar-refractivity contribution < 1.29 is 14.3 Å². The largest absolute Gasteiger partial charge is 0.494 e. The molecule has 2 rings (SSSR count). The zero-order valence-corrected chi connectivity index (χ0v) is 12.5. The SMILES string of the molecule is COCCCCCCOc1ccc2cc(C=O)ccc2c1. The summed E-state index contributed by atoms with van der Waals surface area (Å²) in [6, 6.07) is 11.7. The molecule has 0 amide bonds. The fourth-order valence-corrected chi connectivity index (χ4v) is 2.30. The topological polar surface area (TPSA) is 35.5 Å². The van der Waals surface area contributed by atoms with Crippen LogP contribution in [-0.2, 0) is 4.74 Å². The van der Waals surface area contributed by atoms with Crippen molar-refractivity contribution in [2.75, 3.05) is 20.3 Å². The Bertz CT molecular complexity index is 578. The van der Waals surface area contributed by atoms with Crippen LogP contribution in [0.4, 0.5) is 0 Å². The van der Waals surface area contributed by atoms with Gasteiger partial charge in [0.1, 0.15) is 12.0 Å². The van der Waals surface area contributed by atoms with Gasteiger partial charge < -0.3 is 9.47 Å². The van der Waals surface area contributed by atoms with Crippen LogP contribution in [-0.4, -0.2) is 26.6 Å². The number of fused-ring (bicyclic) bond motifs is 1. The smallest absolute Gasteiger partial charge is 0.150 e. The summed E-state index contributed by atoms with van der Waals surface area (Å²) in [5.41, 5.74) is 0.701. The molecule has 0 unspecified atom stereocenters. The standard InChI is InChI=1S/C18H22O3/c1-20-10-4-2-3-5-11-21-18-9-8-16-12-15(14-19)6-7-17(16)13-18/h6-9,12-14H,2-5,10-11H2,1H3. The van der Waals surface area contributed by atoms with Crippen molar-refractivity contribution in [3.63, 3.8) is 0 Å². The highest BCUT2D eigenvalue weighted by Crippen LogP contribution is 2.22. The van der Waals surface area contributed by atoms with E-state index in [4.69, 9.17) is 9.47 Å². The summed E-state index contributed by atoms with van der Waals surface area (Å²) >= 11 is 0. The minimum Gasteiger partial charge on any atom is -0.494 e. The predicted molar refractivity (Wildman–Crippen MR) is 85.2 cm³/mol. The van der Waals surface area contributed by atoms with Crippen LogP contribution in [0.5, 0.6) is 5.75 Å². The van der Waals surface area contributed by atoms with Crippen LogP contribution in [0, 0.1) is 0 Å². The quantitative estimate of drug-likeness (QED) is 0.511. The summed E-state index contributed by atoms with van der Waals surface area (Å²) in [4.78, 5) is 10.8. The first kappa shape index (κ1) is 15.5. The van der Waals surface area contributed by atoms with Gasteiger partial charge in [0.05, 0.1) is 6.61 Å². The first-order chi connectivity index (χ1) is 10.3. The van der Waals surface area contributed by atoms with E-state index in [1.807, 2.05) is 36.4 Å². The van der Waals surface area contributed by atoms with Gasteiger partial charge in [-0.3, -0.25) is 4.79 Å². The maximum Gasteiger partial charge on any atom is 0.150 e. The molecule has 0 aromatic heterocycles. The van der Waals surface area contributed by atoms with Crippen molar-refractivity contribution in [1.82, 2.24) is 0 Å². The van der Waals surface area contributed by atoms with Crippen LogP contribution in [0.25, 0.3) is 10.8 Å². The molecule has 0 atom stereocenters. The Kier molecular flexibility index (Phi) is 6.22. The summed E-state index contributed by atoms with van der Waals surface area (Å²) < 4.78 is 10.8. The fraction of sp³-hybridized carbons (Fsp3) is 0.389. The molecule has 0 radical (unpaired) electrons. The molecule has 0 fully saturated rings. The molecule has 0 heterocycles. The Labute approximate surface area is 125 Å². The Morgan fingerprint density at radius 3 is 2.38 bits per heavy atom. The molecule has 0 aliphatic heterocycles. The number of methoxy groups -OCH3 is 1. The fourth-order valence-electron chi connectivity index (χ4n) is 2.30. The Hall–Kier alpha value is -1.87. The highest BCUT2D eigenvalue weighted by atomic mass is 16.5. The van der Waals surface area contributed by atoms with Gasteiger partial charge in [0.25, 0.3) is 0 Å². The van der Waals surface area contributed by atoms with Gasteiger partial charge >= 0.3 is 0 Å². The highest BCUT2D eigenvalue weighted by molar-refractivity contribution is 5.89. The number of carbonyl (C=O) groups excluding carboxylic acids is 1. The second-order valence-electron chi connectivity index (χ2n) is 5.14. The zero-order valence-electron chi connectivity index (χ0n) is 12.5. The van der Waals surface area contributed by atoms with Crippen molar-refractivity contribution in [3.05, 3.63) is 42.0 Å². The molecule has 0 saturated heterocycles. The van der Waals surface area contributed by atoms with Crippen LogP contribution >= 0.6 is 0 Å². The van der Waals surface area contributed by atoms with Gasteiger partial charge in [-0.05, 0) is 48.2 Å². The number of carbonyl (C=O) groups is 1. The van der Waals surface area contributed by atoms with E-state index in [2.05, 4.69) is 0 Å². The van der Waals surface area contributed by atoms with E-state index < -0.39 is 0 Å². The van der Waals surface area contributed by atoms with E-state index in [0.29, 0.717) is 5.56 Å². The van der Waals surface area contributed by atoms with E-state index in [-0.39, 0.29) is 0 Å². The maximum atomic E-state index is 10.8. The minimum absolute atomic E-state index is 0.701. The van der Waals surface area contributed by atoms with Crippen molar-refractivity contribution >= 4 is 17.1 Å². The van der Waals surface area contributed by atoms with Gasteiger partial charge in [-0.1, -0.05) is 24.6 Å². The van der Waals surface area contributed by atoms with Crippen LogP contribution in [0.3, 0.4) is 0 Å². The van der Waals surface area contributed by atoms with Crippen LogP contribution in [0.15, 0.2) is 36.4 Å². The van der Waals surface area contributed by atoms with Crippen molar-refractivity contribution in [3.8, 4) is 5.75 Å². The van der Waals surface area contributed by atoms with Crippen molar-refractivity contribution in [2.45, 2.75) is 25.7 Å². The number of aldehydes is 1. The molecule has 0 bridgehead atoms.